The molecule has 0 saturated carbocycles. The van der Waals surface area contributed by atoms with Crippen LogP contribution in [0.25, 0.3) is 6.08 Å². The van der Waals surface area contributed by atoms with Crippen LogP contribution in [0.1, 0.15) is 18.1 Å². The Kier molecular flexibility index (Phi) is 8.62. The molecular weight excluding hydrogens is 483 g/mol. The van der Waals surface area contributed by atoms with E-state index >= 15 is 0 Å². The predicted molar refractivity (Wildman–Crippen MR) is 132 cm³/mol. The van der Waals surface area contributed by atoms with Crippen LogP contribution in [0.4, 0.5) is 5.69 Å². The van der Waals surface area contributed by atoms with Crippen molar-refractivity contribution in [2.24, 2.45) is 0 Å². The molecule has 33 heavy (non-hydrogen) atoms. The standard InChI is InChI=1S/C25H19Cl3N2O3/c1-2-32-22-8-6-21(7-9-22)30-25(31)18(14-29)11-17-12-20(27)13-23(28)24(17)33-15-16-4-3-5-19(26)10-16/h3-13H,2,15H2,1H3,(H,30,31)/b18-11+. The van der Waals surface area contributed by atoms with Crippen molar-refractivity contribution < 1.29 is 14.3 Å². The minimum atomic E-state index is -0.585. The maximum absolute atomic E-state index is 12.7. The number of carbonyl (C=O) groups is 1. The Balaban J connectivity index is 1.84. The molecule has 3 aromatic rings. The molecule has 0 atom stereocenters. The molecular formula is C25H19Cl3N2O3. The van der Waals surface area contributed by atoms with Crippen LogP contribution in [0.15, 0.2) is 66.2 Å². The molecule has 0 radical (unpaired) electrons. The maximum atomic E-state index is 12.7. The van der Waals surface area contributed by atoms with Gasteiger partial charge in [-0.25, -0.2) is 0 Å². The third-order valence-corrected chi connectivity index (χ3v) is 5.13. The zero-order valence-corrected chi connectivity index (χ0v) is 19.8. The van der Waals surface area contributed by atoms with Crippen molar-refractivity contribution in [1.29, 1.82) is 5.26 Å². The van der Waals surface area contributed by atoms with E-state index in [4.69, 9.17) is 44.3 Å². The van der Waals surface area contributed by atoms with E-state index in [1.54, 1.807) is 42.5 Å². The van der Waals surface area contributed by atoms with E-state index in [2.05, 4.69) is 5.32 Å². The summed E-state index contributed by atoms with van der Waals surface area (Å²) in [7, 11) is 0. The summed E-state index contributed by atoms with van der Waals surface area (Å²) in [5, 5.41) is 13.5. The number of hydrogen-bond acceptors (Lipinski definition) is 4. The van der Waals surface area contributed by atoms with E-state index in [1.165, 1.54) is 12.1 Å². The molecule has 0 aliphatic carbocycles. The summed E-state index contributed by atoms with van der Waals surface area (Å²) < 4.78 is 11.3. The minimum absolute atomic E-state index is 0.144. The normalized spacial score (nSPS) is 10.9. The summed E-state index contributed by atoms with van der Waals surface area (Å²) >= 11 is 18.5. The first-order chi connectivity index (χ1) is 15.9. The van der Waals surface area contributed by atoms with Gasteiger partial charge in [0.2, 0.25) is 0 Å². The number of nitrogens with one attached hydrogen (secondary N) is 1. The Morgan fingerprint density at radius 1 is 1.03 bits per heavy atom. The van der Waals surface area contributed by atoms with Gasteiger partial charge < -0.3 is 14.8 Å². The molecule has 8 heteroatoms. The quantitative estimate of drug-likeness (QED) is 0.262. The van der Waals surface area contributed by atoms with E-state index in [-0.39, 0.29) is 17.2 Å². The second-order valence-electron chi connectivity index (χ2n) is 6.81. The zero-order valence-electron chi connectivity index (χ0n) is 17.6. The number of amides is 1. The fourth-order valence-corrected chi connectivity index (χ4v) is 3.70. The molecule has 0 unspecified atom stereocenters. The lowest BCUT2D eigenvalue weighted by molar-refractivity contribution is -0.112. The summed E-state index contributed by atoms with van der Waals surface area (Å²) in [6.07, 6.45) is 1.38. The van der Waals surface area contributed by atoms with Crippen LogP contribution in [-0.4, -0.2) is 12.5 Å². The Hall–Kier alpha value is -3.17. The molecule has 3 aromatic carbocycles. The number of hydrogen-bond donors (Lipinski definition) is 1. The SMILES string of the molecule is CCOc1ccc(NC(=O)/C(C#N)=C/c2cc(Cl)cc(Cl)c2OCc2cccc(Cl)c2)cc1. The summed E-state index contributed by atoms with van der Waals surface area (Å²) in [6, 6.07) is 19.0. The Morgan fingerprint density at radius 3 is 2.45 bits per heavy atom. The monoisotopic (exact) mass is 500 g/mol. The van der Waals surface area contributed by atoms with Gasteiger partial charge in [0.05, 0.1) is 11.6 Å². The van der Waals surface area contributed by atoms with Crippen LogP contribution in [0.2, 0.25) is 15.1 Å². The molecule has 1 amide bonds. The van der Waals surface area contributed by atoms with Crippen molar-refractivity contribution in [2.45, 2.75) is 13.5 Å². The van der Waals surface area contributed by atoms with Gasteiger partial charge in [0, 0.05) is 21.3 Å². The van der Waals surface area contributed by atoms with E-state index < -0.39 is 5.91 Å². The third kappa shape index (κ3) is 6.90. The summed E-state index contributed by atoms with van der Waals surface area (Å²) in [6.45, 7) is 2.61. The lowest BCUT2D eigenvalue weighted by Gasteiger charge is -2.13. The Bertz CT molecular complexity index is 1220. The molecule has 0 saturated heterocycles. The maximum Gasteiger partial charge on any atom is 0.266 e. The highest BCUT2D eigenvalue weighted by atomic mass is 35.5. The predicted octanol–water partition coefficient (Wildman–Crippen LogP) is 7.17. The van der Waals surface area contributed by atoms with Crippen molar-refractivity contribution in [3.63, 3.8) is 0 Å². The van der Waals surface area contributed by atoms with E-state index in [1.807, 2.05) is 25.1 Å². The van der Waals surface area contributed by atoms with Gasteiger partial charge in [-0.05, 0) is 67.1 Å². The fourth-order valence-electron chi connectivity index (χ4n) is 2.93. The van der Waals surface area contributed by atoms with Crippen LogP contribution >= 0.6 is 34.8 Å². The van der Waals surface area contributed by atoms with Crippen molar-refractivity contribution >= 4 is 52.5 Å². The van der Waals surface area contributed by atoms with Crippen molar-refractivity contribution in [1.82, 2.24) is 0 Å². The Labute approximate surface area is 207 Å². The molecule has 0 bridgehead atoms. The topological polar surface area (TPSA) is 71.3 Å². The number of halogens is 3. The highest BCUT2D eigenvalue weighted by molar-refractivity contribution is 6.36. The number of anilines is 1. The number of carbonyl (C=O) groups excluding carboxylic acids is 1. The molecule has 0 aromatic heterocycles. The van der Waals surface area contributed by atoms with Gasteiger partial charge in [-0.2, -0.15) is 5.26 Å². The first-order valence-corrected chi connectivity index (χ1v) is 11.0. The molecule has 3 rings (SSSR count). The average Bonchev–Trinajstić information content (AvgIpc) is 2.78. The van der Waals surface area contributed by atoms with Crippen LogP contribution < -0.4 is 14.8 Å². The number of ether oxygens (including phenoxy) is 2. The van der Waals surface area contributed by atoms with Crippen LogP contribution in [0, 0.1) is 11.3 Å². The zero-order chi connectivity index (χ0) is 23.8. The van der Waals surface area contributed by atoms with Crippen molar-refractivity contribution in [2.75, 3.05) is 11.9 Å². The van der Waals surface area contributed by atoms with Crippen LogP contribution in [0.5, 0.6) is 11.5 Å². The van der Waals surface area contributed by atoms with Gasteiger partial charge in [-0.1, -0.05) is 46.9 Å². The number of nitrogens with zero attached hydrogens (tertiary/aromatic N) is 1. The fraction of sp³-hybridized carbons (Fsp3) is 0.120. The average molecular weight is 502 g/mol. The Morgan fingerprint density at radius 2 is 1.79 bits per heavy atom. The first-order valence-electron chi connectivity index (χ1n) is 9.92. The van der Waals surface area contributed by atoms with E-state index in [0.717, 1.165) is 5.56 Å². The van der Waals surface area contributed by atoms with Gasteiger partial charge >= 0.3 is 0 Å². The lowest BCUT2D eigenvalue weighted by Crippen LogP contribution is -2.13. The van der Waals surface area contributed by atoms with Gasteiger partial charge in [-0.3, -0.25) is 4.79 Å². The van der Waals surface area contributed by atoms with Crippen molar-refractivity contribution in [3.05, 3.63) is 92.4 Å². The first kappa shape index (κ1) is 24.5. The molecule has 168 valence electrons. The van der Waals surface area contributed by atoms with Gasteiger partial charge in [0.25, 0.3) is 5.91 Å². The molecule has 0 fully saturated rings. The van der Waals surface area contributed by atoms with Crippen LogP contribution in [-0.2, 0) is 11.4 Å². The lowest BCUT2D eigenvalue weighted by atomic mass is 10.1. The largest absolute Gasteiger partial charge is 0.494 e. The van der Waals surface area contributed by atoms with Crippen molar-refractivity contribution in [3.8, 4) is 17.6 Å². The number of rotatable bonds is 8. The molecule has 0 spiro atoms. The van der Waals surface area contributed by atoms with Gasteiger partial charge in [-0.15, -0.1) is 0 Å². The van der Waals surface area contributed by atoms with Gasteiger partial charge in [0.15, 0.2) is 0 Å². The molecule has 0 heterocycles. The smallest absolute Gasteiger partial charge is 0.266 e. The molecule has 5 nitrogen and oxygen atoms in total. The number of nitriles is 1. The highest BCUT2D eigenvalue weighted by Gasteiger charge is 2.15. The van der Waals surface area contributed by atoms with Gasteiger partial charge in [0.1, 0.15) is 29.7 Å². The summed E-state index contributed by atoms with van der Waals surface area (Å²) in [5.74, 6) is 0.391. The molecule has 1 N–H and O–H groups in total. The third-order valence-electron chi connectivity index (χ3n) is 4.40. The minimum Gasteiger partial charge on any atom is -0.494 e. The summed E-state index contributed by atoms with van der Waals surface area (Å²) in [4.78, 5) is 12.7. The van der Waals surface area contributed by atoms with E-state index in [0.29, 0.717) is 39.4 Å². The second-order valence-corrected chi connectivity index (χ2v) is 8.09. The number of benzene rings is 3. The summed E-state index contributed by atoms with van der Waals surface area (Å²) in [5.41, 5.74) is 1.60. The van der Waals surface area contributed by atoms with E-state index in [9.17, 15) is 10.1 Å². The molecule has 0 aliphatic heterocycles. The highest BCUT2D eigenvalue weighted by Crippen LogP contribution is 2.34. The molecule has 0 aliphatic rings. The van der Waals surface area contributed by atoms with Crippen LogP contribution in [0.3, 0.4) is 0 Å². The second kappa shape index (κ2) is 11.6.